The summed E-state index contributed by atoms with van der Waals surface area (Å²) in [4.78, 5) is 2.47. The summed E-state index contributed by atoms with van der Waals surface area (Å²) in [5.74, 6) is 0. The third-order valence-corrected chi connectivity index (χ3v) is 3.57. The van der Waals surface area contributed by atoms with Crippen LogP contribution in [0.5, 0.6) is 0 Å². The van der Waals surface area contributed by atoms with E-state index in [9.17, 15) is 0 Å². The maximum atomic E-state index is 5.61. The van der Waals surface area contributed by atoms with Gasteiger partial charge in [-0.2, -0.15) is 0 Å². The minimum atomic E-state index is 0.620. The van der Waals surface area contributed by atoms with E-state index in [-0.39, 0.29) is 0 Å². The van der Waals surface area contributed by atoms with Crippen LogP contribution in [-0.4, -0.2) is 4.90 Å². The van der Waals surface area contributed by atoms with Gasteiger partial charge in [0.05, 0.1) is 0 Å². The van der Waals surface area contributed by atoms with Gasteiger partial charge in [0, 0.05) is 26.2 Å². The van der Waals surface area contributed by atoms with Crippen molar-refractivity contribution in [2.45, 2.75) is 26.2 Å². The standard InChI is InChI=1S/C16H18N2/c17-9-13-5-7-14(8-6-13)10-18-11-15-3-1-2-4-16(15)12-18/h1-8H,9-12,17H2. The predicted octanol–water partition coefficient (Wildman–Crippen LogP) is 2.66. The largest absolute Gasteiger partial charge is 0.326 e. The van der Waals surface area contributed by atoms with Crippen LogP contribution < -0.4 is 5.73 Å². The molecule has 0 atom stereocenters. The van der Waals surface area contributed by atoms with Gasteiger partial charge < -0.3 is 5.73 Å². The maximum absolute atomic E-state index is 5.61. The number of hydrogen-bond acceptors (Lipinski definition) is 2. The van der Waals surface area contributed by atoms with Crippen molar-refractivity contribution in [3.05, 3.63) is 70.8 Å². The summed E-state index contributed by atoms with van der Waals surface area (Å²) in [5, 5.41) is 0. The van der Waals surface area contributed by atoms with Crippen molar-refractivity contribution in [1.29, 1.82) is 0 Å². The molecule has 92 valence electrons. The Bertz CT molecular complexity index is 506. The maximum Gasteiger partial charge on any atom is 0.0244 e. The molecular weight excluding hydrogens is 220 g/mol. The van der Waals surface area contributed by atoms with Crippen LogP contribution in [0, 0.1) is 0 Å². The lowest BCUT2D eigenvalue weighted by Crippen LogP contribution is -2.15. The van der Waals surface area contributed by atoms with Crippen LogP contribution in [0.15, 0.2) is 48.5 Å². The fourth-order valence-corrected chi connectivity index (χ4v) is 2.55. The Kier molecular flexibility index (Phi) is 3.13. The van der Waals surface area contributed by atoms with Gasteiger partial charge in [0.1, 0.15) is 0 Å². The van der Waals surface area contributed by atoms with Gasteiger partial charge in [-0.15, -0.1) is 0 Å². The molecule has 1 aliphatic rings. The molecule has 2 N–H and O–H groups in total. The molecule has 0 spiro atoms. The lowest BCUT2D eigenvalue weighted by molar-refractivity contribution is 0.275. The molecule has 2 heteroatoms. The summed E-state index contributed by atoms with van der Waals surface area (Å²) in [5.41, 5.74) is 11.1. The number of hydrogen-bond donors (Lipinski definition) is 1. The highest BCUT2D eigenvalue weighted by Gasteiger charge is 2.17. The molecule has 0 bridgehead atoms. The average Bonchev–Trinajstić information content (AvgIpc) is 2.82. The van der Waals surface area contributed by atoms with E-state index in [1.165, 1.54) is 22.3 Å². The second-order valence-corrected chi connectivity index (χ2v) is 4.93. The van der Waals surface area contributed by atoms with Gasteiger partial charge in [-0.1, -0.05) is 48.5 Å². The Balaban J connectivity index is 1.68. The third-order valence-electron chi connectivity index (χ3n) is 3.57. The van der Waals surface area contributed by atoms with E-state index in [0.29, 0.717) is 6.54 Å². The van der Waals surface area contributed by atoms with Crippen molar-refractivity contribution >= 4 is 0 Å². The van der Waals surface area contributed by atoms with E-state index < -0.39 is 0 Å². The lowest BCUT2D eigenvalue weighted by atomic mass is 10.1. The zero-order valence-electron chi connectivity index (χ0n) is 10.5. The Morgan fingerprint density at radius 1 is 0.833 bits per heavy atom. The molecule has 2 aromatic rings. The first-order chi connectivity index (χ1) is 8.85. The molecule has 0 amide bonds. The first-order valence-corrected chi connectivity index (χ1v) is 6.42. The summed E-state index contributed by atoms with van der Waals surface area (Å²) < 4.78 is 0. The van der Waals surface area contributed by atoms with Crippen LogP contribution >= 0.6 is 0 Å². The highest BCUT2D eigenvalue weighted by Crippen LogP contribution is 2.23. The monoisotopic (exact) mass is 238 g/mol. The summed E-state index contributed by atoms with van der Waals surface area (Å²) in [6.45, 7) is 3.76. The zero-order valence-corrected chi connectivity index (χ0v) is 10.5. The molecule has 0 saturated carbocycles. The number of nitrogens with zero attached hydrogens (tertiary/aromatic N) is 1. The van der Waals surface area contributed by atoms with Crippen LogP contribution in [0.3, 0.4) is 0 Å². The van der Waals surface area contributed by atoms with Crippen molar-refractivity contribution in [3.63, 3.8) is 0 Å². The Morgan fingerprint density at radius 2 is 1.39 bits per heavy atom. The number of fused-ring (bicyclic) bond motifs is 1. The smallest absolute Gasteiger partial charge is 0.0244 e. The minimum Gasteiger partial charge on any atom is -0.326 e. The van der Waals surface area contributed by atoms with E-state index in [0.717, 1.165) is 19.6 Å². The molecule has 2 nitrogen and oxygen atoms in total. The van der Waals surface area contributed by atoms with Crippen molar-refractivity contribution in [2.24, 2.45) is 5.73 Å². The molecular formula is C16H18N2. The molecule has 3 rings (SSSR count). The van der Waals surface area contributed by atoms with Crippen LogP contribution in [0.2, 0.25) is 0 Å². The third kappa shape index (κ3) is 2.30. The SMILES string of the molecule is NCc1ccc(CN2Cc3ccccc3C2)cc1. The molecule has 2 aromatic carbocycles. The first-order valence-electron chi connectivity index (χ1n) is 6.42. The molecule has 0 aromatic heterocycles. The summed E-state index contributed by atoms with van der Waals surface area (Å²) in [6, 6.07) is 17.3. The van der Waals surface area contributed by atoms with Gasteiger partial charge in [-0.3, -0.25) is 4.90 Å². The highest BCUT2D eigenvalue weighted by atomic mass is 15.1. The van der Waals surface area contributed by atoms with E-state index in [1.54, 1.807) is 0 Å². The molecule has 1 aliphatic heterocycles. The number of rotatable bonds is 3. The fourth-order valence-electron chi connectivity index (χ4n) is 2.55. The molecule has 0 aliphatic carbocycles. The summed E-state index contributed by atoms with van der Waals surface area (Å²) in [6.07, 6.45) is 0. The molecule has 0 fully saturated rings. The minimum absolute atomic E-state index is 0.620. The van der Waals surface area contributed by atoms with Gasteiger partial charge in [0.2, 0.25) is 0 Å². The Labute approximate surface area is 108 Å². The Morgan fingerprint density at radius 3 is 1.94 bits per heavy atom. The van der Waals surface area contributed by atoms with E-state index >= 15 is 0 Å². The van der Waals surface area contributed by atoms with Gasteiger partial charge in [0.25, 0.3) is 0 Å². The quantitative estimate of drug-likeness (QED) is 0.890. The van der Waals surface area contributed by atoms with E-state index in [4.69, 9.17) is 5.73 Å². The fraction of sp³-hybridized carbons (Fsp3) is 0.250. The van der Waals surface area contributed by atoms with Gasteiger partial charge >= 0.3 is 0 Å². The second-order valence-electron chi connectivity index (χ2n) is 4.93. The zero-order chi connectivity index (χ0) is 12.4. The average molecular weight is 238 g/mol. The van der Waals surface area contributed by atoms with Gasteiger partial charge in [-0.05, 0) is 22.3 Å². The normalized spacial score (nSPS) is 14.7. The van der Waals surface area contributed by atoms with E-state index in [1.807, 2.05) is 0 Å². The van der Waals surface area contributed by atoms with Crippen molar-refractivity contribution < 1.29 is 0 Å². The molecule has 0 radical (unpaired) electrons. The lowest BCUT2D eigenvalue weighted by Gasteiger charge is -2.14. The summed E-state index contributed by atoms with van der Waals surface area (Å²) in [7, 11) is 0. The topological polar surface area (TPSA) is 29.3 Å². The van der Waals surface area contributed by atoms with Crippen LogP contribution in [0.1, 0.15) is 22.3 Å². The van der Waals surface area contributed by atoms with Crippen LogP contribution in [0.25, 0.3) is 0 Å². The molecule has 0 unspecified atom stereocenters. The Hall–Kier alpha value is -1.64. The van der Waals surface area contributed by atoms with Crippen molar-refractivity contribution in [3.8, 4) is 0 Å². The molecule has 18 heavy (non-hydrogen) atoms. The van der Waals surface area contributed by atoms with Gasteiger partial charge in [0.15, 0.2) is 0 Å². The first kappa shape index (κ1) is 11.5. The second kappa shape index (κ2) is 4.92. The number of benzene rings is 2. The van der Waals surface area contributed by atoms with Crippen molar-refractivity contribution in [2.75, 3.05) is 0 Å². The van der Waals surface area contributed by atoms with Gasteiger partial charge in [-0.25, -0.2) is 0 Å². The predicted molar refractivity (Wildman–Crippen MR) is 73.7 cm³/mol. The van der Waals surface area contributed by atoms with Crippen LogP contribution in [-0.2, 0) is 26.2 Å². The van der Waals surface area contributed by atoms with Crippen LogP contribution in [0.4, 0.5) is 0 Å². The summed E-state index contributed by atoms with van der Waals surface area (Å²) >= 11 is 0. The highest BCUT2D eigenvalue weighted by molar-refractivity contribution is 5.31. The molecule has 0 saturated heterocycles. The number of nitrogens with two attached hydrogens (primary N) is 1. The van der Waals surface area contributed by atoms with E-state index in [2.05, 4.69) is 53.4 Å². The van der Waals surface area contributed by atoms with Crippen molar-refractivity contribution in [1.82, 2.24) is 4.90 Å². The molecule has 1 heterocycles.